The summed E-state index contributed by atoms with van der Waals surface area (Å²) in [5.74, 6) is 1.43. The van der Waals surface area contributed by atoms with Crippen LogP contribution in [-0.4, -0.2) is 17.2 Å². The van der Waals surface area contributed by atoms with Crippen molar-refractivity contribution in [3.8, 4) is 11.5 Å². The van der Waals surface area contributed by atoms with E-state index in [-0.39, 0.29) is 6.10 Å². The Morgan fingerprint density at radius 3 is 3.00 bits per heavy atom. The third-order valence-electron chi connectivity index (χ3n) is 3.25. The maximum absolute atomic E-state index is 10.3. The molecule has 0 fully saturated rings. The standard InChI is InChI=1S/C14H15NO3S/c1-8-15-11(7-19-8)14-6-12(16)10-5-9(17-2)3-4-13(10)18-14/h3-5,7,12,14,16H,6H2,1-2H3/t12-,14?/m0/s1. The molecule has 4 nitrogen and oxygen atoms in total. The van der Waals surface area contributed by atoms with Crippen LogP contribution in [0.2, 0.25) is 0 Å². The second-order valence-corrected chi connectivity index (χ2v) is 5.62. The summed E-state index contributed by atoms with van der Waals surface area (Å²) in [6, 6.07) is 5.49. The fraction of sp³-hybridized carbons (Fsp3) is 0.357. The number of thiazole rings is 1. The number of methoxy groups -OCH3 is 1. The minimum absolute atomic E-state index is 0.180. The number of fused-ring (bicyclic) bond motifs is 1. The van der Waals surface area contributed by atoms with Crippen LogP contribution < -0.4 is 9.47 Å². The molecule has 1 aliphatic heterocycles. The van der Waals surface area contributed by atoms with Crippen molar-refractivity contribution >= 4 is 11.3 Å². The molecular weight excluding hydrogens is 262 g/mol. The highest BCUT2D eigenvalue weighted by Gasteiger charge is 2.29. The lowest BCUT2D eigenvalue weighted by Gasteiger charge is -2.29. The number of nitrogens with zero attached hydrogens (tertiary/aromatic N) is 1. The molecule has 2 atom stereocenters. The van der Waals surface area contributed by atoms with Crippen LogP contribution in [0.3, 0.4) is 0 Å². The average Bonchev–Trinajstić information content (AvgIpc) is 2.85. The Labute approximate surface area is 115 Å². The number of ether oxygens (including phenoxy) is 2. The molecule has 0 aliphatic carbocycles. The van der Waals surface area contributed by atoms with Gasteiger partial charge in [-0.05, 0) is 25.1 Å². The molecule has 0 saturated carbocycles. The lowest BCUT2D eigenvalue weighted by atomic mass is 9.97. The van der Waals surface area contributed by atoms with Crippen LogP contribution >= 0.6 is 11.3 Å². The van der Waals surface area contributed by atoms with Crippen LogP contribution in [0.25, 0.3) is 0 Å². The van der Waals surface area contributed by atoms with Gasteiger partial charge in [0.1, 0.15) is 17.6 Å². The smallest absolute Gasteiger partial charge is 0.144 e. The van der Waals surface area contributed by atoms with E-state index in [1.807, 2.05) is 30.5 Å². The molecule has 1 aromatic carbocycles. The third kappa shape index (κ3) is 2.31. The number of benzene rings is 1. The van der Waals surface area contributed by atoms with Gasteiger partial charge in [0.05, 0.1) is 23.9 Å². The predicted octanol–water partition coefficient (Wildman–Crippen LogP) is 3.02. The van der Waals surface area contributed by atoms with Gasteiger partial charge in [-0.1, -0.05) is 0 Å². The molecule has 100 valence electrons. The molecule has 1 unspecified atom stereocenters. The highest BCUT2D eigenvalue weighted by atomic mass is 32.1. The van der Waals surface area contributed by atoms with Gasteiger partial charge in [-0.25, -0.2) is 4.98 Å². The Hall–Kier alpha value is -1.59. The van der Waals surface area contributed by atoms with E-state index in [9.17, 15) is 5.11 Å². The van der Waals surface area contributed by atoms with Crippen molar-refractivity contribution in [3.05, 3.63) is 39.8 Å². The maximum atomic E-state index is 10.3. The van der Waals surface area contributed by atoms with E-state index < -0.39 is 6.10 Å². The zero-order valence-electron chi connectivity index (χ0n) is 10.8. The molecule has 1 aliphatic rings. The second kappa shape index (κ2) is 4.83. The number of aliphatic hydroxyl groups is 1. The van der Waals surface area contributed by atoms with Gasteiger partial charge in [-0.15, -0.1) is 11.3 Å². The lowest BCUT2D eigenvalue weighted by molar-refractivity contribution is 0.0636. The first-order valence-corrected chi connectivity index (χ1v) is 7.00. The van der Waals surface area contributed by atoms with Gasteiger partial charge in [0.15, 0.2) is 0 Å². The SMILES string of the molecule is COc1ccc2c(c1)[C@@H](O)CC(c1csc(C)n1)O2. The van der Waals surface area contributed by atoms with Crippen molar-refractivity contribution in [2.45, 2.75) is 25.6 Å². The molecule has 0 spiro atoms. The number of hydrogen-bond acceptors (Lipinski definition) is 5. The highest BCUT2D eigenvalue weighted by molar-refractivity contribution is 7.09. The zero-order chi connectivity index (χ0) is 13.4. The second-order valence-electron chi connectivity index (χ2n) is 4.55. The van der Waals surface area contributed by atoms with Gasteiger partial charge < -0.3 is 14.6 Å². The van der Waals surface area contributed by atoms with E-state index in [2.05, 4.69) is 4.98 Å². The van der Waals surface area contributed by atoms with Crippen LogP contribution in [0.15, 0.2) is 23.6 Å². The number of aryl methyl sites for hydroxylation is 1. The molecule has 0 bridgehead atoms. The summed E-state index contributed by atoms with van der Waals surface area (Å²) in [6.45, 7) is 1.96. The summed E-state index contributed by atoms with van der Waals surface area (Å²) >= 11 is 1.59. The van der Waals surface area contributed by atoms with E-state index in [0.717, 1.165) is 22.0 Å². The summed E-state index contributed by atoms with van der Waals surface area (Å²) in [4.78, 5) is 4.43. The first kappa shape index (κ1) is 12.4. The molecule has 0 saturated heterocycles. The highest BCUT2D eigenvalue weighted by Crippen LogP contribution is 2.42. The molecule has 5 heteroatoms. The fourth-order valence-electron chi connectivity index (χ4n) is 2.26. The molecule has 2 heterocycles. The van der Waals surface area contributed by atoms with Crippen molar-refractivity contribution in [2.75, 3.05) is 7.11 Å². The van der Waals surface area contributed by atoms with Gasteiger partial charge in [-0.3, -0.25) is 0 Å². The van der Waals surface area contributed by atoms with Crippen LogP contribution in [0.1, 0.15) is 34.9 Å². The first-order valence-electron chi connectivity index (χ1n) is 6.12. The van der Waals surface area contributed by atoms with Crippen molar-refractivity contribution in [2.24, 2.45) is 0 Å². The lowest BCUT2D eigenvalue weighted by Crippen LogP contribution is -2.19. The van der Waals surface area contributed by atoms with Crippen LogP contribution in [0.4, 0.5) is 0 Å². The monoisotopic (exact) mass is 277 g/mol. The topological polar surface area (TPSA) is 51.6 Å². The fourth-order valence-corrected chi connectivity index (χ4v) is 2.92. The van der Waals surface area contributed by atoms with E-state index in [4.69, 9.17) is 9.47 Å². The molecule has 3 rings (SSSR count). The minimum Gasteiger partial charge on any atom is -0.497 e. The summed E-state index contributed by atoms with van der Waals surface area (Å²) in [5, 5.41) is 13.3. The van der Waals surface area contributed by atoms with E-state index in [1.54, 1.807) is 18.4 Å². The van der Waals surface area contributed by atoms with Crippen LogP contribution in [0, 0.1) is 6.92 Å². The normalized spacial score (nSPS) is 21.6. The van der Waals surface area contributed by atoms with Crippen molar-refractivity contribution in [3.63, 3.8) is 0 Å². The molecule has 19 heavy (non-hydrogen) atoms. The minimum atomic E-state index is -0.550. The summed E-state index contributed by atoms with van der Waals surface area (Å²) in [6.07, 6.45) is -0.213. The largest absolute Gasteiger partial charge is 0.497 e. The van der Waals surface area contributed by atoms with E-state index >= 15 is 0 Å². The molecule has 0 radical (unpaired) electrons. The Bertz CT molecular complexity index is 596. The number of hydrogen-bond donors (Lipinski definition) is 1. The van der Waals surface area contributed by atoms with E-state index in [1.165, 1.54) is 0 Å². The van der Waals surface area contributed by atoms with Crippen molar-refractivity contribution in [1.29, 1.82) is 0 Å². The average molecular weight is 277 g/mol. The van der Waals surface area contributed by atoms with Crippen LogP contribution in [-0.2, 0) is 0 Å². The van der Waals surface area contributed by atoms with Gasteiger partial charge in [-0.2, -0.15) is 0 Å². The number of aromatic nitrogens is 1. The van der Waals surface area contributed by atoms with Gasteiger partial charge in [0.2, 0.25) is 0 Å². The van der Waals surface area contributed by atoms with Gasteiger partial charge in [0, 0.05) is 17.4 Å². The van der Waals surface area contributed by atoms with Crippen molar-refractivity contribution in [1.82, 2.24) is 4.98 Å². The molecule has 1 N–H and O–H groups in total. The third-order valence-corrected chi connectivity index (χ3v) is 4.04. The zero-order valence-corrected chi connectivity index (χ0v) is 11.6. The predicted molar refractivity (Wildman–Crippen MR) is 72.8 cm³/mol. The summed E-state index contributed by atoms with van der Waals surface area (Å²) in [5.41, 5.74) is 1.67. The first-order chi connectivity index (χ1) is 9.17. The number of rotatable bonds is 2. The summed E-state index contributed by atoms with van der Waals surface area (Å²) < 4.78 is 11.1. The van der Waals surface area contributed by atoms with Gasteiger partial charge in [0.25, 0.3) is 0 Å². The quantitative estimate of drug-likeness (QED) is 0.916. The van der Waals surface area contributed by atoms with E-state index in [0.29, 0.717) is 12.2 Å². The maximum Gasteiger partial charge on any atom is 0.144 e. The molecule has 1 aromatic heterocycles. The Balaban J connectivity index is 1.92. The Morgan fingerprint density at radius 2 is 2.32 bits per heavy atom. The molecule has 0 amide bonds. The molecular formula is C14H15NO3S. The number of aliphatic hydroxyl groups excluding tert-OH is 1. The Kier molecular flexibility index (Phi) is 3.16. The van der Waals surface area contributed by atoms with Gasteiger partial charge >= 0.3 is 0 Å². The van der Waals surface area contributed by atoms with Crippen molar-refractivity contribution < 1.29 is 14.6 Å². The van der Waals surface area contributed by atoms with Crippen LogP contribution in [0.5, 0.6) is 11.5 Å². The Morgan fingerprint density at radius 1 is 1.47 bits per heavy atom. The summed E-state index contributed by atoms with van der Waals surface area (Å²) in [7, 11) is 1.61. The molecule has 2 aromatic rings.